The molecule has 0 atom stereocenters. The molecule has 1 amide bonds. The molecule has 1 heterocycles. The maximum Gasteiger partial charge on any atom is 0.255 e. The Morgan fingerprint density at radius 3 is 2.59 bits per heavy atom. The molecule has 10 heteroatoms. The van der Waals surface area contributed by atoms with Crippen LogP contribution in [-0.4, -0.2) is 15.7 Å². The number of hydrogen-bond donors (Lipinski definition) is 1. The second-order valence-electron chi connectivity index (χ2n) is 7.25. The highest BCUT2D eigenvalue weighted by Crippen LogP contribution is 2.24. The van der Waals surface area contributed by atoms with Crippen molar-refractivity contribution in [3.63, 3.8) is 0 Å². The molecule has 4 rings (SSSR count). The SMILES string of the molecule is O=C(Nc1cnn(Cc2c(F)cc(F)c(F)c2F)c1)c1cccc(COc2ccccc2Cl)c1. The molecule has 0 aliphatic heterocycles. The number of ether oxygens (including phenoxy) is 1. The van der Waals surface area contributed by atoms with E-state index in [2.05, 4.69) is 10.4 Å². The van der Waals surface area contributed by atoms with Gasteiger partial charge in [0.1, 0.15) is 18.2 Å². The molecule has 0 aliphatic carbocycles. The van der Waals surface area contributed by atoms with Crippen molar-refractivity contribution in [2.24, 2.45) is 0 Å². The molecule has 4 aromatic rings. The first-order valence-corrected chi connectivity index (χ1v) is 10.3. The summed E-state index contributed by atoms with van der Waals surface area (Å²) < 4.78 is 61.1. The highest BCUT2D eigenvalue weighted by molar-refractivity contribution is 6.32. The number of carbonyl (C=O) groups excluding carboxylic acids is 1. The minimum Gasteiger partial charge on any atom is -0.487 e. The molecule has 1 aromatic heterocycles. The Morgan fingerprint density at radius 2 is 1.79 bits per heavy atom. The third-order valence-electron chi connectivity index (χ3n) is 4.84. The highest BCUT2D eigenvalue weighted by Gasteiger charge is 2.19. The van der Waals surface area contributed by atoms with Gasteiger partial charge < -0.3 is 10.1 Å². The van der Waals surface area contributed by atoms with E-state index in [9.17, 15) is 22.4 Å². The summed E-state index contributed by atoms with van der Waals surface area (Å²) in [6.07, 6.45) is 2.57. The first-order chi connectivity index (χ1) is 16.3. The quantitative estimate of drug-likeness (QED) is 0.198. The zero-order valence-electron chi connectivity index (χ0n) is 17.4. The summed E-state index contributed by atoms with van der Waals surface area (Å²) in [6.45, 7) is -0.312. The molecular formula is C24H16ClF4N3O2. The van der Waals surface area contributed by atoms with Gasteiger partial charge in [-0.1, -0.05) is 35.9 Å². The van der Waals surface area contributed by atoms with E-state index in [0.717, 1.165) is 10.2 Å². The van der Waals surface area contributed by atoms with Gasteiger partial charge >= 0.3 is 0 Å². The van der Waals surface area contributed by atoms with Crippen LogP contribution in [0.5, 0.6) is 5.75 Å². The number of nitrogens with zero attached hydrogens (tertiary/aromatic N) is 2. The standard InChI is InChI=1S/C24H16ClF4N3O2/c25-18-6-1-2-7-21(18)34-13-14-4-3-5-15(8-14)24(33)31-16-10-30-32(11-16)12-17-19(26)9-20(27)23(29)22(17)28/h1-11H,12-13H2,(H,31,33). The van der Waals surface area contributed by atoms with Gasteiger partial charge in [-0.3, -0.25) is 9.48 Å². The number of carbonyl (C=O) groups is 1. The predicted octanol–water partition coefficient (Wildman–Crippen LogP) is 5.97. The highest BCUT2D eigenvalue weighted by atomic mass is 35.5. The number of rotatable bonds is 7. The Labute approximate surface area is 196 Å². The molecule has 0 aliphatic rings. The molecule has 0 bridgehead atoms. The van der Waals surface area contributed by atoms with Crippen molar-refractivity contribution in [1.82, 2.24) is 9.78 Å². The van der Waals surface area contributed by atoms with E-state index in [4.69, 9.17) is 16.3 Å². The lowest BCUT2D eigenvalue weighted by molar-refractivity contribution is 0.102. The van der Waals surface area contributed by atoms with Crippen LogP contribution >= 0.6 is 11.6 Å². The van der Waals surface area contributed by atoms with Crippen LogP contribution in [0.25, 0.3) is 0 Å². The average molecular weight is 490 g/mol. The van der Waals surface area contributed by atoms with Crippen LogP contribution < -0.4 is 10.1 Å². The fourth-order valence-electron chi connectivity index (χ4n) is 3.15. The third-order valence-corrected chi connectivity index (χ3v) is 5.15. The van der Waals surface area contributed by atoms with Crippen molar-refractivity contribution in [3.8, 4) is 5.75 Å². The predicted molar refractivity (Wildman–Crippen MR) is 118 cm³/mol. The number of amides is 1. The number of para-hydroxylation sites is 1. The van der Waals surface area contributed by atoms with Crippen LogP contribution in [0.2, 0.25) is 5.02 Å². The number of anilines is 1. The summed E-state index contributed by atoms with van der Waals surface area (Å²) in [5.41, 5.74) is 0.621. The fraction of sp³-hybridized carbons (Fsp3) is 0.0833. The minimum absolute atomic E-state index is 0.189. The zero-order valence-corrected chi connectivity index (χ0v) is 18.1. The molecule has 174 valence electrons. The van der Waals surface area contributed by atoms with Gasteiger partial charge in [-0.05, 0) is 29.8 Å². The summed E-state index contributed by atoms with van der Waals surface area (Å²) in [7, 11) is 0. The first kappa shape index (κ1) is 23.3. The smallest absolute Gasteiger partial charge is 0.255 e. The monoisotopic (exact) mass is 489 g/mol. The lowest BCUT2D eigenvalue weighted by atomic mass is 10.1. The summed E-state index contributed by atoms with van der Waals surface area (Å²) >= 11 is 6.07. The number of aromatic nitrogens is 2. The van der Waals surface area contributed by atoms with Gasteiger partial charge in [-0.25, -0.2) is 17.6 Å². The van der Waals surface area contributed by atoms with Gasteiger partial charge in [0.25, 0.3) is 5.91 Å². The van der Waals surface area contributed by atoms with Crippen LogP contribution in [-0.2, 0) is 13.2 Å². The van der Waals surface area contributed by atoms with E-state index < -0.39 is 41.3 Å². The molecule has 0 fully saturated rings. The van der Waals surface area contributed by atoms with Crippen LogP contribution in [0.1, 0.15) is 21.5 Å². The van der Waals surface area contributed by atoms with Gasteiger partial charge in [0, 0.05) is 23.4 Å². The molecule has 0 spiro atoms. The summed E-state index contributed by atoms with van der Waals surface area (Å²) in [6, 6.07) is 14.0. The summed E-state index contributed by atoms with van der Waals surface area (Å²) in [5.74, 6) is -6.20. The molecule has 5 nitrogen and oxygen atoms in total. The molecule has 0 saturated heterocycles. The van der Waals surface area contributed by atoms with Crippen molar-refractivity contribution in [3.05, 3.63) is 112 Å². The minimum atomic E-state index is -1.77. The van der Waals surface area contributed by atoms with E-state index in [1.54, 1.807) is 48.5 Å². The van der Waals surface area contributed by atoms with Crippen molar-refractivity contribution in [2.75, 3.05) is 5.32 Å². The second-order valence-corrected chi connectivity index (χ2v) is 7.65. The lowest BCUT2D eigenvalue weighted by Crippen LogP contribution is -2.12. The average Bonchev–Trinajstić information content (AvgIpc) is 3.27. The van der Waals surface area contributed by atoms with Crippen LogP contribution in [0.3, 0.4) is 0 Å². The second kappa shape index (κ2) is 9.96. The van der Waals surface area contributed by atoms with Crippen molar-refractivity contribution >= 4 is 23.2 Å². The first-order valence-electron chi connectivity index (χ1n) is 9.93. The van der Waals surface area contributed by atoms with Crippen molar-refractivity contribution in [2.45, 2.75) is 13.2 Å². The van der Waals surface area contributed by atoms with E-state index in [1.165, 1.54) is 12.4 Å². The normalized spacial score (nSPS) is 10.9. The van der Waals surface area contributed by atoms with Crippen LogP contribution in [0.4, 0.5) is 23.2 Å². The van der Waals surface area contributed by atoms with E-state index in [-0.39, 0.29) is 18.4 Å². The van der Waals surface area contributed by atoms with Crippen LogP contribution in [0, 0.1) is 23.3 Å². The Balaban J connectivity index is 1.42. The molecule has 0 saturated carbocycles. The lowest BCUT2D eigenvalue weighted by Gasteiger charge is -2.09. The molecule has 34 heavy (non-hydrogen) atoms. The van der Waals surface area contributed by atoms with E-state index in [1.807, 2.05) is 0 Å². The van der Waals surface area contributed by atoms with Gasteiger partial charge in [0.05, 0.1) is 23.5 Å². The summed E-state index contributed by atoms with van der Waals surface area (Å²) in [5, 5.41) is 6.99. The van der Waals surface area contributed by atoms with Crippen molar-refractivity contribution < 1.29 is 27.1 Å². The largest absolute Gasteiger partial charge is 0.487 e. The fourth-order valence-corrected chi connectivity index (χ4v) is 3.34. The topological polar surface area (TPSA) is 56.2 Å². The maximum atomic E-state index is 13.9. The van der Waals surface area contributed by atoms with Crippen LogP contribution in [0.15, 0.2) is 67.0 Å². The summed E-state index contributed by atoms with van der Waals surface area (Å²) in [4.78, 5) is 12.6. The Hall–Kier alpha value is -3.85. The molecule has 0 radical (unpaired) electrons. The Kier molecular flexibility index (Phi) is 6.83. The molecule has 1 N–H and O–H groups in total. The molecule has 3 aromatic carbocycles. The zero-order chi connectivity index (χ0) is 24.2. The van der Waals surface area contributed by atoms with E-state index >= 15 is 0 Å². The Morgan fingerprint density at radius 1 is 1.00 bits per heavy atom. The molecular weight excluding hydrogens is 474 g/mol. The van der Waals surface area contributed by atoms with Crippen molar-refractivity contribution in [1.29, 1.82) is 0 Å². The molecule has 0 unspecified atom stereocenters. The van der Waals surface area contributed by atoms with E-state index in [0.29, 0.717) is 16.3 Å². The number of halogens is 5. The maximum absolute atomic E-state index is 13.9. The van der Waals surface area contributed by atoms with Gasteiger partial charge in [0.15, 0.2) is 17.5 Å². The van der Waals surface area contributed by atoms with Gasteiger partial charge in [0.2, 0.25) is 0 Å². The third kappa shape index (κ3) is 5.20. The Bertz CT molecular complexity index is 1360. The van der Waals surface area contributed by atoms with Gasteiger partial charge in [-0.2, -0.15) is 5.10 Å². The number of benzene rings is 3. The number of nitrogens with one attached hydrogen (secondary N) is 1. The van der Waals surface area contributed by atoms with Gasteiger partial charge in [-0.15, -0.1) is 0 Å². The number of hydrogen-bond acceptors (Lipinski definition) is 3.